The minimum absolute atomic E-state index is 0.203. The normalized spacial score (nSPS) is 23.8. The van der Waals surface area contributed by atoms with Gasteiger partial charge in [0.25, 0.3) is 0 Å². The van der Waals surface area contributed by atoms with Crippen LogP contribution in [0.1, 0.15) is 13.3 Å². The van der Waals surface area contributed by atoms with Gasteiger partial charge in [-0.05, 0) is 13.3 Å². The first-order valence-electron chi connectivity index (χ1n) is 4.02. The van der Waals surface area contributed by atoms with E-state index in [1.807, 2.05) is 0 Å². The third kappa shape index (κ3) is 2.25. The molecule has 68 valence electrons. The summed E-state index contributed by atoms with van der Waals surface area (Å²) in [7, 11) is 0. The van der Waals surface area contributed by atoms with Gasteiger partial charge in [-0.15, -0.1) is 0 Å². The van der Waals surface area contributed by atoms with Gasteiger partial charge >= 0.3 is 5.97 Å². The van der Waals surface area contributed by atoms with Crippen molar-refractivity contribution in [2.45, 2.75) is 13.3 Å². The molecule has 0 spiro atoms. The second-order valence-corrected chi connectivity index (χ2v) is 3.14. The first kappa shape index (κ1) is 9.61. The van der Waals surface area contributed by atoms with Gasteiger partial charge in [0.05, 0.1) is 19.1 Å². The first-order valence-corrected chi connectivity index (χ1v) is 4.43. The van der Waals surface area contributed by atoms with E-state index in [0.29, 0.717) is 31.1 Å². The van der Waals surface area contributed by atoms with E-state index in [1.165, 1.54) is 0 Å². The number of thiocarbonyl (C=S) groups is 1. The second-order valence-electron chi connectivity index (χ2n) is 2.61. The van der Waals surface area contributed by atoms with E-state index in [0.717, 1.165) is 0 Å². The van der Waals surface area contributed by atoms with Crippen molar-refractivity contribution < 1.29 is 14.3 Å². The summed E-state index contributed by atoms with van der Waals surface area (Å²) in [6.07, 6.45) is 0.664. The van der Waals surface area contributed by atoms with Crippen LogP contribution in [-0.4, -0.2) is 30.7 Å². The zero-order valence-corrected chi connectivity index (χ0v) is 7.86. The molecule has 0 aromatic carbocycles. The Morgan fingerprint density at radius 2 is 2.58 bits per heavy atom. The van der Waals surface area contributed by atoms with Gasteiger partial charge in [-0.2, -0.15) is 0 Å². The van der Waals surface area contributed by atoms with Gasteiger partial charge in [-0.3, -0.25) is 4.79 Å². The van der Waals surface area contributed by atoms with Crippen LogP contribution < -0.4 is 0 Å². The summed E-state index contributed by atoms with van der Waals surface area (Å²) < 4.78 is 9.96. The Balaban J connectivity index is 2.48. The molecule has 0 N–H and O–H groups in total. The van der Waals surface area contributed by atoms with E-state index in [1.54, 1.807) is 6.92 Å². The fourth-order valence-electron chi connectivity index (χ4n) is 1.13. The maximum atomic E-state index is 11.2. The lowest BCUT2D eigenvalue weighted by atomic mass is 10.0. The fourth-order valence-corrected chi connectivity index (χ4v) is 1.43. The monoisotopic (exact) mass is 188 g/mol. The number of carbonyl (C=O) groups excluding carboxylic acids is 1. The zero-order chi connectivity index (χ0) is 8.97. The van der Waals surface area contributed by atoms with Crippen LogP contribution in [-0.2, 0) is 14.3 Å². The largest absolute Gasteiger partial charge is 0.466 e. The molecule has 1 rings (SSSR count). The molecule has 0 bridgehead atoms. The molecule has 1 atom stereocenters. The lowest BCUT2D eigenvalue weighted by molar-refractivity contribution is -0.146. The number of hydrogen-bond acceptors (Lipinski definition) is 4. The average Bonchev–Trinajstić information content (AvgIpc) is 2.05. The van der Waals surface area contributed by atoms with Crippen LogP contribution >= 0.6 is 12.2 Å². The standard InChI is InChI=1S/C8H12O3S/c1-2-11-8(9)6-3-4-10-5-7(6)12/h6H,2-5H2,1H3. The van der Waals surface area contributed by atoms with Gasteiger partial charge in [0.2, 0.25) is 0 Å². The summed E-state index contributed by atoms with van der Waals surface area (Å²) in [6, 6.07) is 0. The molecular formula is C8H12O3S. The summed E-state index contributed by atoms with van der Waals surface area (Å²) >= 11 is 4.99. The van der Waals surface area contributed by atoms with Crippen LogP contribution in [0.15, 0.2) is 0 Å². The third-order valence-corrected chi connectivity index (χ3v) is 2.16. The predicted octanol–water partition coefficient (Wildman–Crippen LogP) is 0.956. The van der Waals surface area contributed by atoms with Gasteiger partial charge in [-0.25, -0.2) is 0 Å². The highest BCUT2D eigenvalue weighted by atomic mass is 32.1. The number of ether oxygens (including phenoxy) is 2. The van der Waals surface area contributed by atoms with Crippen molar-refractivity contribution in [3.05, 3.63) is 0 Å². The Kier molecular flexibility index (Phi) is 3.62. The molecule has 1 aliphatic rings. The van der Waals surface area contributed by atoms with Crippen LogP contribution in [0.2, 0.25) is 0 Å². The van der Waals surface area contributed by atoms with Crippen molar-refractivity contribution in [3.63, 3.8) is 0 Å². The number of esters is 1. The van der Waals surface area contributed by atoms with Gasteiger partial charge in [0.1, 0.15) is 0 Å². The predicted molar refractivity (Wildman–Crippen MR) is 48.2 cm³/mol. The zero-order valence-electron chi connectivity index (χ0n) is 7.04. The third-order valence-electron chi connectivity index (χ3n) is 1.75. The number of carbonyl (C=O) groups is 1. The summed E-state index contributed by atoms with van der Waals surface area (Å²) in [5.74, 6) is -0.417. The second kappa shape index (κ2) is 4.52. The van der Waals surface area contributed by atoms with Crippen molar-refractivity contribution in [1.29, 1.82) is 0 Å². The Bertz CT molecular complexity index is 191. The molecule has 4 heteroatoms. The average molecular weight is 188 g/mol. The number of hydrogen-bond donors (Lipinski definition) is 0. The Hall–Kier alpha value is -0.480. The minimum atomic E-state index is -0.214. The summed E-state index contributed by atoms with van der Waals surface area (Å²) in [4.78, 5) is 11.9. The maximum absolute atomic E-state index is 11.2. The molecule has 1 unspecified atom stereocenters. The molecule has 0 aromatic heterocycles. The molecule has 3 nitrogen and oxygen atoms in total. The van der Waals surface area contributed by atoms with Crippen molar-refractivity contribution in [1.82, 2.24) is 0 Å². The van der Waals surface area contributed by atoms with Crippen molar-refractivity contribution in [2.75, 3.05) is 19.8 Å². The van der Waals surface area contributed by atoms with E-state index in [2.05, 4.69) is 0 Å². The summed E-state index contributed by atoms with van der Waals surface area (Å²) in [5.41, 5.74) is 0. The molecule has 1 aliphatic heterocycles. The van der Waals surface area contributed by atoms with E-state index < -0.39 is 0 Å². The summed E-state index contributed by atoms with van der Waals surface area (Å²) in [6.45, 7) is 3.22. The topological polar surface area (TPSA) is 35.5 Å². The molecule has 1 heterocycles. The minimum Gasteiger partial charge on any atom is -0.466 e. The van der Waals surface area contributed by atoms with Gasteiger partial charge in [0, 0.05) is 11.5 Å². The highest BCUT2D eigenvalue weighted by Gasteiger charge is 2.27. The van der Waals surface area contributed by atoms with E-state index in [-0.39, 0.29) is 11.9 Å². The van der Waals surface area contributed by atoms with Gasteiger partial charge in [-0.1, -0.05) is 12.2 Å². The van der Waals surface area contributed by atoms with Crippen molar-refractivity contribution in [3.8, 4) is 0 Å². The van der Waals surface area contributed by atoms with E-state index >= 15 is 0 Å². The maximum Gasteiger partial charge on any atom is 0.314 e. The fraction of sp³-hybridized carbons (Fsp3) is 0.750. The Morgan fingerprint density at radius 1 is 1.83 bits per heavy atom. The Labute approximate surface area is 77.0 Å². The highest BCUT2D eigenvalue weighted by Crippen LogP contribution is 2.14. The molecule has 1 saturated heterocycles. The van der Waals surface area contributed by atoms with Gasteiger partial charge < -0.3 is 9.47 Å². The quantitative estimate of drug-likeness (QED) is 0.477. The molecule has 0 amide bonds. The highest BCUT2D eigenvalue weighted by molar-refractivity contribution is 7.80. The molecule has 1 fully saturated rings. The Morgan fingerprint density at radius 3 is 3.17 bits per heavy atom. The van der Waals surface area contributed by atoms with Crippen LogP contribution in [0, 0.1) is 5.92 Å². The molecular weight excluding hydrogens is 176 g/mol. The van der Waals surface area contributed by atoms with Crippen LogP contribution in [0.3, 0.4) is 0 Å². The first-order chi connectivity index (χ1) is 5.75. The molecule has 0 aliphatic carbocycles. The van der Waals surface area contributed by atoms with Crippen LogP contribution in [0.25, 0.3) is 0 Å². The lowest BCUT2D eigenvalue weighted by Crippen LogP contribution is -2.33. The van der Waals surface area contributed by atoms with E-state index in [4.69, 9.17) is 21.7 Å². The van der Waals surface area contributed by atoms with Crippen molar-refractivity contribution in [2.24, 2.45) is 5.92 Å². The van der Waals surface area contributed by atoms with Crippen molar-refractivity contribution >= 4 is 23.1 Å². The SMILES string of the molecule is CCOC(=O)C1CCOCC1=S. The van der Waals surface area contributed by atoms with Crippen LogP contribution in [0.5, 0.6) is 0 Å². The van der Waals surface area contributed by atoms with Crippen LogP contribution in [0.4, 0.5) is 0 Å². The van der Waals surface area contributed by atoms with Gasteiger partial charge in [0.15, 0.2) is 0 Å². The summed E-state index contributed by atoms with van der Waals surface area (Å²) in [5, 5.41) is 0. The molecule has 0 aromatic rings. The lowest BCUT2D eigenvalue weighted by Gasteiger charge is -2.21. The number of rotatable bonds is 2. The molecule has 12 heavy (non-hydrogen) atoms. The smallest absolute Gasteiger partial charge is 0.314 e. The van der Waals surface area contributed by atoms with E-state index in [9.17, 15) is 4.79 Å². The molecule has 0 saturated carbocycles. The molecule has 0 radical (unpaired) electrons.